The number of ether oxygens (including phenoxy) is 4. The summed E-state index contributed by atoms with van der Waals surface area (Å²) < 4.78 is 24.1. The number of hydrogen-bond donors (Lipinski definition) is 2. The van der Waals surface area contributed by atoms with Crippen molar-refractivity contribution in [3.8, 4) is 11.5 Å². The molecule has 38 heavy (non-hydrogen) atoms. The van der Waals surface area contributed by atoms with Crippen molar-refractivity contribution in [1.82, 2.24) is 10.2 Å². The zero-order valence-electron chi connectivity index (χ0n) is 22.1. The summed E-state index contributed by atoms with van der Waals surface area (Å²) in [5, 5.41) is 13.0. The zero-order valence-corrected chi connectivity index (χ0v) is 22.1. The second kappa shape index (κ2) is 12.7. The molecule has 2 aromatic carbocycles. The number of methoxy groups -OCH3 is 1. The van der Waals surface area contributed by atoms with Crippen molar-refractivity contribution < 1.29 is 28.8 Å². The van der Waals surface area contributed by atoms with Crippen LogP contribution in [0.4, 0.5) is 10.5 Å². The Bertz CT molecular complexity index is 1040. The first-order valence-electron chi connectivity index (χ1n) is 13.7. The average molecular weight is 526 g/mol. The molecule has 0 saturated carbocycles. The zero-order chi connectivity index (χ0) is 26.3. The fourth-order valence-corrected chi connectivity index (χ4v) is 5.66. The maximum absolute atomic E-state index is 11.8. The number of nitrogens with zero attached hydrogens (tertiary/aromatic N) is 2. The van der Waals surface area contributed by atoms with Crippen LogP contribution in [0, 0.1) is 0 Å². The van der Waals surface area contributed by atoms with E-state index in [-0.39, 0.29) is 24.2 Å². The number of carboxylic acid groups (broad SMARTS) is 1. The van der Waals surface area contributed by atoms with E-state index in [2.05, 4.69) is 28.4 Å². The summed E-state index contributed by atoms with van der Waals surface area (Å²) >= 11 is 0. The lowest BCUT2D eigenvalue weighted by atomic mass is 9.87. The highest BCUT2D eigenvalue weighted by Crippen LogP contribution is 2.35. The van der Waals surface area contributed by atoms with Crippen LogP contribution < -0.4 is 19.7 Å². The van der Waals surface area contributed by atoms with E-state index >= 15 is 0 Å². The molecule has 0 aromatic heterocycles. The van der Waals surface area contributed by atoms with Crippen LogP contribution in [0.1, 0.15) is 30.7 Å². The second-order valence-electron chi connectivity index (χ2n) is 10.3. The van der Waals surface area contributed by atoms with Gasteiger partial charge in [-0.15, -0.1) is 0 Å². The molecule has 2 saturated heterocycles. The number of amides is 1. The molecule has 2 aromatic rings. The number of piperidine rings is 1. The molecule has 3 heterocycles. The van der Waals surface area contributed by atoms with E-state index < -0.39 is 6.09 Å². The maximum Gasteiger partial charge on any atom is 0.407 e. The quantitative estimate of drug-likeness (QED) is 0.455. The number of likely N-dealkylation sites (tertiary alicyclic amines) is 1. The van der Waals surface area contributed by atoms with Crippen molar-refractivity contribution in [2.24, 2.45) is 0 Å². The van der Waals surface area contributed by atoms with Crippen LogP contribution in [0.15, 0.2) is 48.5 Å². The minimum atomic E-state index is -0.905. The largest absolute Gasteiger partial charge is 0.489 e. The van der Waals surface area contributed by atoms with E-state index in [0.717, 1.165) is 55.2 Å². The normalized spacial score (nSPS) is 25.1. The lowest BCUT2D eigenvalue weighted by molar-refractivity contribution is -0.0407. The van der Waals surface area contributed by atoms with Gasteiger partial charge in [0.15, 0.2) is 0 Å². The van der Waals surface area contributed by atoms with Crippen LogP contribution in [-0.4, -0.2) is 94.0 Å². The van der Waals surface area contributed by atoms with Crippen LogP contribution >= 0.6 is 0 Å². The predicted octanol–water partition coefficient (Wildman–Crippen LogP) is 3.58. The number of nitrogens with one attached hydrogen (secondary N) is 1. The summed E-state index contributed by atoms with van der Waals surface area (Å²) in [6.45, 7) is 5.38. The summed E-state index contributed by atoms with van der Waals surface area (Å²) in [7, 11) is 1.72. The lowest BCUT2D eigenvalue weighted by Crippen LogP contribution is -2.49. The Morgan fingerprint density at radius 3 is 2.74 bits per heavy atom. The molecule has 0 radical (unpaired) electrons. The van der Waals surface area contributed by atoms with E-state index in [1.54, 1.807) is 7.11 Å². The van der Waals surface area contributed by atoms with Crippen molar-refractivity contribution in [1.29, 1.82) is 0 Å². The van der Waals surface area contributed by atoms with Gasteiger partial charge in [0.2, 0.25) is 0 Å². The first kappa shape index (κ1) is 26.6. The summed E-state index contributed by atoms with van der Waals surface area (Å²) in [5.41, 5.74) is 2.23. The second-order valence-corrected chi connectivity index (χ2v) is 10.3. The standard InChI is InChI=1S/C29H39N3O6/c1-35-16-4-14-31-18-24(38-27-6-3-2-5-26(27)31)20-36-28-19-32(29(33)34)15-12-25(28)21-7-9-22(10-8-21)37-23-11-13-30-17-23/h2-3,5-10,23-25,28,30H,4,11-20H2,1H3,(H,33,34). The molecule has 4 unspecified atom stereocenters. The SMILES string of the molecule is COCCCN1CC(COC2CN(C(=O)O)CCC2c2ccc(OC3CCNC3)cc2)Oc2ccccc21. The van der Waals surface area contributed by atoms with Crippen LogP contribution in [0.2, 0.25) is 0 Å². The molecule has 9 nitrogen and oxygen atoms in total. The fourth-order valence-electron chi connectivity index (χ4n) is 5.66. The Hall–Kier alpha value is -3.01. The summed E-state index contributed by atoms with van der Waals surface area (Å²) in [4.78, 5) is 15.6. The highest BCUT2D eigenvalue weighted by Gasteiger charge is 2.35. The minimum absolute atomic E-state index is 0.0986. The summed E-state index contributed by atoms with van der Waals surface area (Å²) in [6.07, 6.45) is 1.55. The van der Waals surface area contributed by atoms with E-state index in [9.17, 15) is 9.90 Å². The van der Waals surface area contributed by atoms with Gasteiger partial charge in [-0.1, -0.05) is 24.3 Å². The number of hydrogen-bond acceptors (Lipinski definition) is 7. The number of rotatable bonds is 10. The lowest BCUT2D eigenvalue weighted by Gasteiger charge is -2.40. The van der Waals surface area contributed by atoms with E-state index in [0.29, 0.717) is 39.3 Å². The van der Waals surface area contributed by atoms with Crippen molar-refractivity contribution >= 4 is 11.8 Å². The predicted molar refractivity (Wildman–Crippen MR) is 145 cm³/mol. The van der Waals surface area contributed by atoms with Crippen LogP contribution in [0.25, 0.3) is 0 Å². The third-order valence-electron chi connectivity index (χ3n) is 7.65. The maximum atomic E-state index is 11.8. The minimum Gasteiger partial charge on any atom is -0.489 e. The number of carbonyl (C=O) groups is 1. The number of para-hydroxylation sites is 2. The van der Waals surface area contributed by atoms with Gasteiger partial charge in [0.25, 0.3) is 0 Å². The van der Waals surface area contributed by atoms with Gasteiger partial charge in [-0.2, -0.15) is 0 Å². The summed E-state index contributed by atoms with van der Waals surface area (Å²) in [5.74, 6) is 1.82. The first-order valence-corrected chi connectivity index (χ1v) is 13.7. The molecule has 3 aliphatic rings. The van der Waals surface area contributed by atoms with E-state index in [1.807, 2.05) is 30.3 Å². The molecule has 5 rings (SSSR count). The molecule has 2 N–H and O–H groups in total. The topological polar surface area (TPSA) is 92.7 Å². The molecule has 206 valence electrons. The molecular formula is C29H39N3O6. The number of benzene rings is 2. The molecular weight excluding hydrogens is 486 g/mol. The Kier molecular flexibility index (Phi) is 8.88. The Morgan fingerprint density at radius 1 is 1.13 bits per heavy atom. The molecule has 1 amide bonds. The third-order valence-corrected chi connectivity index (χ3v) is 7.65. The monoisotopic (exact) mass is 525 g/mol. The first-order chi connectivity index (χ1) is 18.6. The molecule has 0 spiro atoms. The Labute approximate surface area is 224 Å². The van der Waals surface area contributed by atoms with Gasteiger partial charge in [0.05, 0.1) is 31.5 Å². The molecule has 0 bridgehead atoms. The van der Waals surface area contributed by atoms with Crippen LogP contribution in [0.5, 0.6) is 11.5 Å². The van der Waals surface area contributed by atoms with E-state index in [1.165, 1.54) is 4.90 Å². The van der Waals surface area contributed by atoms with Gasteiger partial charge >= 0.3 is 6.09 Å². The average Bonchev–Trinajstić information content (AvgIpc) is 3.45. The van der Waals surface area contributed by atoms with Crippen molar-refractivity contribution in [2.75, 3.05) is 64.5 Å². The van der Waals surface area contributed by atoms with Crippen molar-refractivity contribution in [3.63, 3.8) is 0 Å². The molecule has 0 aliphatic carbocycles. The van der Waals surface area contributed by atoms with Crippen molar-refractivity contribution in [2.45, 2.75) is 43.5 Å². The Balaban J connectivity index is 1.25. The Morgan fingerprint density at radius 2 is 1.97 bits per heavy atom. The molecule has 2 fully saturated rings. The van der Waals surface area contributed by atoms with Gasteiger partial charge in [0.1, 0.15) is 23.7 Å². The van der Waals surface area contributed by atoms with Crippen molar-refractivity contribution in [3.05, 3.63) is 54.1 Å². The van der Waals surface area contributed by atoms with Gasteiger partial charge in [0, 0.05) is 39.3 Å². The third kappa shape index (κ3) is 6.51. The van der Waals surface area contributed by atoms with Gasteiger partial charge in [-0.3, -0.25) is 0 Å². The molecule has 3 aliphatic heterocycles. The van der Waals surface area contributed by atoms with Crippen LogP contribution in [0.3, 0.4) is 0 Å². The summed E-state index contributed by atoms with van der Waals surface area (Å²) in [6, 6.07) is 16.3. The van der Waals surface area contributed by atoms with Gasteiger partial charge in [-0.25, -0.2) is 4.79 Å². The fraction of sp³-hybridized carbons (Fsp3) is 0.552. The van der Waals surface area contributed by atoms with Crippen LogP contribution in [-0.2, 0) is 9.47 Å². The van der Waals surface area contributed by atoms with E-state index in [4.69, 9.17) is 18.9 Å². The van der Waals surface area contributed by atoms with Gasteiger partial charge in [-0.05, 0) is 55.6 Å². The highest BCUT2D eigenvalue weighted by atomic mass is 16.5. The highest BCUT2D eigenvalue weighted by molar-refractivity contribution is 5.65. The number of anilines is 1. The van der Waals surface area contributed by atoms with Gasteiger partial charge < -0.3 is 39.2 Å². The smallest absolute Gasteiger partial charge is 0.407 e. The molecule has 4 atom stereocenters. The molecule has 9 heteroatoms. The number of fused-ring (bicyclic) bond motifs is 1.